The molecule has 0 aromatic heterocycles. The molecule has 0 fully saturated rings. The number of nitrogens with one attached hydrogen (secondary N) is 1. The average Bonchev–Trinajstić information content (AvgIpc) is 2.00. The molecule has 15 heavy (non-hydrogen) atoms. The fraction of sp³-hybridized carbons (Fsp3) is 0.636. The van der Waals surface area contributed by atoms with E-state index in [1.165, 1.54) is 6.92 Å². The maximum atomic E-state index is 10.8. The third kappa shape index (κ3) is 7.73. The van der Waals surface area contributed by atoms with E-state index in [2.05, 4.69) is 12.2 Å². The molecular formula is C11H19NO3. The zero-order valence-corrected chi connectivity index (χ0v) is 9.54. The molecule has 86 valence electrons. The van der Waals surface area contributed by atoms with Gasteiger partial charge in [0.15, 0.2) is 0 Å². The first-order valence-electron chi connectivity index (χ1n) is 5.16. The Kier molecular flexibility index (Phi) is 6.42. The number of carboxylic acid groups (broad SMARTS) is 1. The molecule has 0 saturated carbocycles. The lowest BCUT2D eigenvalue weighted by atomic mass is 10.00. The summed E-state index contributed by atoms with van der Waals surface area (Å²) in [5.41, 5.74) is 0.482. The smallest absolute Gasteiger partial charge is 0.330 e. The van der Waals surface area contributed by atoms with Crippen LogP contribution >= 0.6 is 0 Å². The molecule has 1 unspecified atom stereocenters. The van der Waals surface area contributed by atoms with Gasteiger partial charge in [0.2, 0.25) is 5.91 Å². The zero-order valence-electron chi connectivity index (χ0n) is 9.54. The molecule has 4 heteroatoms. The molecule has 0 aliphatic carbocycles. The number of allylic oxidation sites excluding steroid dienone is 1. The third-order valence-corrected chi connectivity index (χ3v) is 1.98. The quantitative estimate of drug-likeness (QED) is 0.662. The van der Waals surface area contributed by atoms with Crippen LogP contribution in [0.5, 0.6) is 0 Å². The highest BCUT2D eigenvalue weighted by molar-refractivity contribution is 5.82. The lowest BCUT2D eigenvalue weighted by Crippen LogP contribution is -2.21. The van der Waals surface area contributed by atoms with Gasteiger partial charge >= 0.3 is 5.97 Å². The van der Waals surface area contributed by atoms with Gasteiger partial charge in [-0.25, -0.2) is 4.79 Å². The average molecular weight is 213 g/mol. The molecule has 0 radical (unpaired) electrons. The summed E-state index contributed by atoms with van der Waals surface area (Å²) in [6.07, 6.45) is 3.74. The molecule has 0 aliphatic rings. The largest absolute Gasteiger partial charge is 0.478 e. The number of hydrogen-bond donors (Lipinski definition) is 2. The van der Waals surface area contributed by atoms with Crippen LogP contribution in [0, 0.1) is 5.92 Å². The second-order valence-electron chi connectivity index (χ2n) is 3.79. The first kappa shape index (κ1) is 13.7. The number of amides is 1. The Labute approximate surface area is 90.4 Å². The highest BCUT2D eigenvalue weighted by atomic mass is 16.4. The molecule has 0 aromatic carbocycles. The van der Waals surface area contributed by atoms with E-state index in [1.54, 1.807) is 0 Å². The Balaban J connectivity index is 4.37. The molecular weight excluding hydrogens is 194 g/mol. The van der Waals surface area contributed by atoms with Crippen LogP contribution in [0.25, 0.3) is 0 Å². The topological polar surface area (TPSA) is 66.4 Å². The molecule has 1 atom stereocenters. The summed E-state index contributed by atoms with van der Waals surface area (Å²) < 4.78 is 0. The predicted octanol–water partition coefficient (Wildman–Crippen LogP) is 1.92. The molecule has 0 heterocycles. The molecule has 1 amide bonds. The van der Waals surface area contributed by atoms with E-state index in [0.29, 0.717) is 18.0 Å². The normalized spacial score (nSPS) is 13.4. The van der Waals surface area contributed by atoms with Gasteiger partial charge in [0.1, 0.15) is 0 Å². The van der Waals surface area contributed by atoms with Gasteiger partial charge in [-0.3, -0.25) is 4.79 Å². The van der Waals surface area contributed by atoms with E-state index >= 15 is 0 Å². The Morgan fingerprint density at radius 1 is 1.47 bits per heavy atom. The van der Waals surface area contributed by atoms with Crippen LogP contribution in [-0.4, -0.2) is 17.0 Å². The van der Waals surface area contributed by atoms with Crippen molar-refractivity contribution < 1.29 is 14.7 Å². The first-order valence-corrected chi connectivity index (χ1v) is 5.16. The van der Waals surface area contributed by atoms with Gasteiger partial charge in [-0.05, 0) is 12.3 Å². The number of aliphatic carboxylic acids is 1. The number of carboxylic acids is 1. The number of carbonyl (C=O) groups is 2. The SMILES string of the molecule is CCCC(C)CC(=CC(=O)O)NC(C)=O. The van der Waals surface area contributed by atoms with Crippen molar-refractivity contribution in [2.45, 2.75) is 40.0 Å². The number of hydrogen-bond acceptors (Lipinski definition) is 2. The summed E-state index contributed by atoms with van der Waals surface area (Å²) in [5, 5.41) is 11.2. The van der Waals surface area contributed by atoms with Crippen molar-refractivity contribution in [1.82, 2.24) is 5.32 Å². The zero-order chi connectivity index (χ0) is 11.8. The van der Waals surface area contributed by atoms with E-state index in [9.17, 15) is 9.59 Å². The fourth-order valence-corrected chi connectivity index (χ4v) is 1.49. The van der Waals surface area contributed by atoms with Crippen molar-refractivity contribution in [3.63, 3.8) is 0 Å². The van der Waals surface area contributed by atoms with Crippen LogP contribution in [0.4, 0.5) is 0 Å². The Morgan fingerprint density at radius 3 is 2.47 bits per heavy atom. The maximum Gasteiger partial charge on any atom is 0.330 e. The second-order valence-corrected chi connectivity index (χ2v) is 3.79. The fourth-order valence-electron chi connectivity index (χ4n) is 1.49. The summed E-state index contributed by atoms with van der Waals surface area (Å²) in [5.74, 6) is -0.874. The number of rotatable bonds is 6. The molecule has 4 nitrogen and oxygen atoms in total. The Bertz CT molecular complexity index is 259. The standard InChI is InChI=1S/C11H19NO3/c1-4-5-8(2)6-10(7-11(14)15)12-9(3)13/h7-8H,4-6H2,1-3H3,(H,12,13)(H,14,15). The van der Waals surface area contributed by atoms with Gasteiger partial charge < -0.3 is 10.4 Å². The van der Waals surface area contributed by atoms with Crippen LogP contribution in [0.1, 0.15) is 40.0 Å². The highest BCUT2D eigenvalue weighted by Gasteiger charge is 2.08. The predicted molar refractivity (Wildman–Crippen MR) is 58.2 cm³/mol. The van der Waals surface area contributed by atoms with Crippen molar-refractivity contribution in [2.24, 2.45) is 5.92 Å². The van der Waals surface area contributed by atoms with Crippen molar-refractivity contribution in [1.29, 1.82) is 0 Å². The van der Waals surface area contributed by atoms with Gasteiger partial charge in [-0.15, -0.1) is 0 Å². The summed E-state index contributed by atoms with van der Waals surface area (Å²) in [6, 6.07) is 0. The summed E-state index contributed by atoms with van der Waals surface area (Å²) in [7, 11) is 0. The van der Waals surface area contributed by atoms with Gasteiger partial charge in [-0.2, -0.15) is 0 Å². The molecule has 0 aromatic rings. The van der Waals surface area contributed by atoms with Gasteiger partial charge in [0.25, 0.3) is 0 Å². The minimum Gasteiger partial charge on any atom is -0.478 e. The van der Waals surface area contributed by atoms with E-state index in [1.807, 2.05) is 6.92 Å². The molecule has 0 aliphatic heterocycles. The molecule has 0 rings (SSSR count). The van der Waals surface area contributed by atoms with E-state index < -0.39 is 5.97 Å². The van der Waals surface area contributed by atoms with E-state index in [4.69, 9.17) is 5.11 Å². The van der Waals surface area contributed by atoms with Gasteiger partial charge in [0, 0.05) is 18.7 Å². The molecule has 0 spiro atoms. The van der Waals surface area contributed by atoms with E-state index in [-0.39, 0.29) is 5.91 Å². The first-order chi connectivity index (χ1) is 6.95. The molecule has 2 N–H and O–H groups in total. The van der Waals surface area contributed by atoms with Crippen LogP contribution in [0.2, 0.25) is 0 Å². The summed E-state index contributed by atoms with van der Waals surface area (Å²) >= 11 is 0. The summed E-state index contributed by atoms with van der Waals surface area (Å²) in [6.45, 7) is 5.50. The van der Waals surface area contributed by atoms with Gasteiger partial charge in [0.05, 0.1) is 0 Å². The summed E-state index contributed by atoms with van der Waals surface area (Å²) in [4.78, 5) is 21.3. The van der Waals surface area contributed by atoms with Crippen LogP contribution in [-0.2, 0) is 9.59 Å². The molecule has 0 bridgehead atoms. The Morgan fingerprint density at radius 2 is 2.07 bits per heavy atom. The minimum atomic E-state index is -1.03. The van der Waals surface area contributed by atoms with Crippen LogP contribution in [0.3, 0.4) is 0 Å². The van der Waals surface area contributed by atoms with Crippen molar-refractivity contribution in [2.75, 3.05) is 0 Å². The van der Waals surface area contributed by atoms with Gasteiger partial charge in [-0.1, -0.05) is 26.7 Å². The lowest BCUT2D eigenvalue weighted by Gasteiger charge is -2.13. The second kappa shape index (κ2) is 7.04. The third-order valence-electron chi connectivity index (χ3n) is 1.98. The molecule has 0 saturated heterocycles. The van der Waals surface area contributed by atoms with Crippen molar-refractivity contribution in [3.05, 3.63) is 11.8 Å². The highest BCUT2D eigenvalue weighted by Crippen LogP contribution is 2.14. The van der Waals surface area contributed by atoms with E-state index in [0.717, 1.165) is 18.9 Å². The van der Waals surface area contributed by atoms with Crippen molar-refractivity contribution in [3.8, 4) is 0 Å². The minimum absolute atomic E-state index is 0.230. The van der Waals surface area contributed by atoms with Crippen LogP contribution in [0.15, 0.2) is 11.8 Å². The Hall–Kier alpha value is -1.32. The number of carbonyl (C=O) groups excluding carboxylic acids is 1. The van der Waals surface area contributed by atoms with Crippen molar-refractivity contribution >= 4 is 11.9 Å². The lowest BCUT2D eigenvalue weighted by molar-refractivity contribution is -0.131. The monoisotopic (exact) mass is 213 g/mol. The van der Waals surface area contributed by atoms with Crippen LogP contribution < -0.4 is 5.32 Å². The maximum absolute atomic E-state index is 10.8.